The molecule has 10 nitrogen and oxygen atoms in total. The monoisotopic (exact) mass is 553 g/mol. The Kier molecular flexibility index (Phi) is 10.7. The van der Waals surface area contributed by atoms with Gasteiger partial charge in [0.1, 0.15) is 11.8 Å². The number of benzene rings is 2. The fourth-order valence-corrected chi connectivity index (χ4v) is 5.20. The van der Waals surface area contributed by atoms with Crippen molar-refractivity contribution < 1.29 is 32.2 Å². The topological polar surface area (TPSA) is 114 Å². The van der Waals surface area contributed by atoms with E-state index in [2.05, 4.69) is 5.32 Å². The lowest BCUT2D eigenvalue weighted by Crippen LogP contribution is -2.49. The fraction of sp³-hybridized carbons (Fsp3) is 0.440. The minimum absolute atomic E-state index is 0.138. The Bertz CT molecular complexity index is 1140. The Hall–Kier alpha value is -2.70. The van der Waals surface area contributed by atoms with Gasteiger partial charge in [-0.05, 0) is 48.9 Å². The second kappa shape index (κ2) is 13.7. The molecule has 0 spiro atoms. The first-order valence-electron chi connectivity index (χ1n) is 11.8. The van der Waals surface area contributed by atoms with Gasteiger partial charge in [0.05, 0.1) is 24.7 Å². The Morgan fingerprint density at radius 1 is 1.11 bits per heavy atom. The SMILES string of the molecule is COCCNC(=O)[C@H](C)N(Cc1ccc(Cl)cc1)C(=O)COc1ccc(S(=O)(=O)N2CCOCC2)cc1. The number of nitrogens with one attached hydrogen (secondary N) is 1. The molecular formula is C25H32ClN3O7S. The van der Waals surface area contributed by atoms with Gasteiger partial charge in [0, 0.05) is 38.3 Å². The van der Waals surface area contributed by atoms with Gasteiger partial charge in [-0.15, -0.1) is 0 Å². The molecule has 0 unspecified atom stereocenters. The average Bonchev–Trinajstić information content (AvgIpc) is 2.91. The number of morpholine rings is 1. The molecule has 1 aliphatic heterocycles. The standard InChI is InChI=1S/C25H32ClN3O7S/c1-19(25(31)27-11-14-34-2)29(17-20-3-5-21(26)6-4-20)24(30)18-36-22-7-9-23(10-8-22)37(32,33)28-12-15-35-16-13-28/h3-10,19H,11-18H2,1-2H3,(H,27,31)/t19-/m0/s1. The summed E-state index contributed by atoms with van der Waals surface area (Å²) in [7, 11) is -2.10. The van der Waals surface area contributed by atoms with Crippen LogP contribution in [0.15, 0.2) is 53.4 Å². The largest absolute Gasteiger partial charge is 0.484 e. The van der Waals surface area contributed by atoms with Crippen molar-refractivity contribution in [2.75, 3.05) is 53.2 Å². The third-order valence-corrected chi connectivity index (χ3v) is 8.00. The first-order chi connectivity index (χ1) is 17.7. The van der Waals surface area contributed by atoms with Gasteiger partial charge in [0.2, 0.25) is 15.9 Å². The highest BCUT2D eigenvalue weighted by molar-refractivity contribution is 7.89. The fourth-order valence-electron chi connectivity index (χ4n) is 3.66. The molecule has 0 bridgehead atoms. The molecule has 1 aliphatic rings. The van der Waals surface area contributed by atoms with Crippen molar-refractivity contribution in [1.29, 1.82) is 0 Å². The van der Waals surface area contributed by atoms with Crippen LogP contribution in [0.1, 0.15) is 12.5 Å². The number of methoxy groups -OCH3 is 1. The van der Waals surface area contributed by atoms with Crippen molar-refractivity contribution in [3.8, 4) is 5.75 Å². The van der Waals surface area contributed by atoms with Crippen LogP contribution in [-0.4, -0.2) is 88.7 Å². The molecule has 3 rings (SSSR count). The molecule has 1 atom stereocenters. The Labute approximate surface area is 222 Å². The summed E-state index contributed by atoms with van der Waals surface area (Å²) in [5.74, 6) is -0.399. The van der Waals surface area contributed by atoms with Gasteiger partial charge in [-0.2, -0.15) is 4.31 Å². The molecule has 37 heavy (non-hydrogen) atoms. The first-order valence-corrected chi connectivity index (χ1v) is 13.7. The summed E-state index contributed by atoms with van der Waals surface area (Å²) >= 11 is 5.97. The molecule has 202 valence electrons. The van der Waals surface area contributed by atoms with Crippen LogP contribution in [0, 0.1) is 0 Å². The maximum atomic E-state index is 13.2. The van der Waals surface area contributed by atoms with E-state index in [9.17, 15) is 18.0 Å². The molecule has 2 amide bonds. The summed E-state index contributed by atoms with van der Waals surface area (Å²) in [5, 5.41) is 3.31. The van der Waals surface area contributed by atoms with Gasteiger partial charge in [0.15, 0.2) is 6.61 Å². The van der Waals surface area contributed by atoms with E-state index in [1.807, 2.05) is 0 Å². The summed E-state index contributed by atoms with van der Waals surface area (Å²) in [6.45, 7) is 3.47. The van der Waals surface area contributed by atoms with Crippen LogP contribution in [0.4, 0.5) is 0 Å². The van der Waals surface area contributed by atoms with Gasteiger partial charge in [-0.3, -0.25) is 9.59 Å². The van der Waals surface area contributed by atoms with Crippen molar-refractivity contribution in [2.24, 2.45) is 0 Å². The molecule has 0 aromatic heterocycles. The molecule has 1 fully saturated rings. The van der Waals surface area contributed by atoms with Gasteiger partial charge < -0.3 is 24.4 Å². The lowest BCUT2D eigenvalue weighted by atomic mass is 10.1. The Morgan fingerprint density at radius 2 is 1.76 bits per heavy atom. The van der Waals surface area contributed by atoms with Crippen molar-refractivity contribution in [3.63, 3.8) is 0 Å². The average molecular weight is 554 g/mol. The molecule has 1 heterocycles. The third-order valence-electron chi connectivity index (χ3n) is 5.83. The number of amides is 2. The van der Waals surface area contributed by atoms with E-state index in [1.165, 1.54) is 40.6 Å². The smallest absolute Gasteiger partial charge is 0.261 e. The van der Waals surface area contributed by atoms with Crippen LogP contribution >= 0.6 is 11.6 Å². The van der Waals surface area contributed by atoms with E-state index in [4.69, 9.17) is 25.8 Å². The normalized spacial score (nSPS) is 15.1. The Balaban J connectivity index is 1.67. The van der Waals surface area contributed by atoms with Gasteiger partial charge in [-0.25, -0.2) is 8.42 Å². The van der Waals surface area contributed by atoms with E-state index >= 15 is 0 Å². The second-order valence-electron chi connectivity index (χ2n) is 8.38. The number of sulfonamides is 1. The maximum absolute atomic E-state index is 13.2. The molecule has 12 heteroatoms. The lowest BCUT2D eigenvalue weighted by Gasteiger charge is -2.29. The predicted molar refractivity (Wildman–Crippen MR) is 138 cm³/mol. The minimum atomic E-state index is -3.63. The summed E-state index contributed by atoms with van der Waals surface area (Å²) in [6.07, 6.45) is 0. The van der Waals surface area contributed by atoms with Gasteiger partial charge in [0.25, 0.3) is 5.91 Å². The van der Waals surface area contributed by atoms with Crippen LogP contribution < -0.4 is 10.1 Å². The molecule has 2 aromatic rings. The predicted octanol–water partition coefficient (Wildman–Crippen LogP) is 1.92. The third kappa shape index (κ3) is 8.14. The van der Waals surface area contributed by atoms with Gasteiger partial charge in [-0.1, -0.05) is 23.7 Å². The quantitative estimate of drug-likeness (QED) is 0.399. The molecule has 0 radical (unpaired) electrons. The van der Waals surface area contributed by atoms with Crippen LogP contribution in [0.5, 0.6) is 5.75 Å². The van der Waals surface area contributed by atoms with Crippen molar-refractivity contribution >= 4 is 33.4 Å². The zero-order valence-electron chi connectivity index (χ0n) is 20.9. The lowest BCUT2D eigenvalue weighted by molar-refractivity contribution is -0.142. The number of hydrogen-bond donors (Lipinski definition) is 1. The number of rotatable bonds is 12. The van der Waals surface area contributed by atoms with Crippen molar-refractivity contribution in [2.45, 2.75) is 24.4 Å². The molecule has 1 N–H and O–H groups in total. The summed E-state index contributed by atoms with van der Waals surface area (Å²) < 4.78 is 42.8. The van der Waals surface area contributed by atoms with Crippen LogP contribution in [-0.2, 0) is 35.6 Å². The number of nitrogens with zero attached hydrogens (tertiary/aromatic N) is 2. The van der Waals surface area contributed by atoms with Crippen LogP contribution in [0.3, 0.4) is 0 Å². The van der Waals surface area contributed by atoms with Gasteiger partial charge >= 0.3 is 0 Å². The van der Waals surface area contributed by atoms with E-state index in [0.717, 1.165) is 5.56 Å². The highest BCUT2D eigenvalue weighted by Crippen LogP contribution is 2.21. The molecule has 0 saturated carbocycles. The highest BCUT2D eigenvalue weighted by Gasteiger charge is 2.28. The molecule has 0 aliphatic carbocycles. The summed E-state index contributed by atoms with van der Waals surface area (Å²) in [4.78, 5) is 27.4. The first kappa shape index (κ1) is 28.9. The summed E-state index contributed by atoms with van der Waals surface area (Å²) in [6, 6.07) is 12.1. The van der Waals surface area contributed by atoms with E-state index in [-0.39, 0.29) is 24.0 Å². The van der Waals surface area contributed by atoms with Crippen LogP contribution in [0.2, 0.25) is 5.02 Å². The summed E-state index contributed by atoms with van der Waals surface area (Å²) in [5.41, 5.74) is 0.798. The molecular weight excluding hydrogens is 522 g/mol. The van der Waals surface area contributed by atoms with E-state index < -0.39 is 22.0 Å². The molecule has 1 saturated heterocycles. The number of halogens is 1. The maximum Gasteiger partial charge on any atom is 0.261 e. The minimum Gasteiger partial charge on any atom is -0.484 e. The number of carbonyl (C=O) groups excluding carboxylic acids is 2. The van der Waals surface area contributed by atoms with Crippen molar-refractivity contribution in [3.05, 3.63) is 59.1 Å². The zero-order valence-corrected chi connectivity index (χ0v) is 22.5. The second-order valence-corrected chi connectivity index (χ2v) is 10.8. The molecule has 2 aromatic carbocycles. The van der Waals surface area contributed by atoms with Crippen molar-refractivity contribution in [1.82, 2.24) is 14.5 Å². The zero-order chi connectivity index (χ0) is 26.8. The van der Waals surface area contributed by atoms with E-state index in [1.54, 1.807) is 31.2 Å². The number of carbonyl (C=O) groups is 2. The van der Waals surface area contributed by atoms with Crippen LogP contribution in [0.25, 0.3) is 0 Å². The highest BCUT2D eigenvalue weighted by atomic mass is 35.5. The Morgan fingerprint density at radius 3 is 2.38 bits per heavy atom. The number of hydrogen-bond acceptors (Lipinski definition) is 7. The van der Waals surface area contributed by atoms with E-state index in [0.29, 0.717) is 50.2 Å². The number of ether oxygens (including phenoxy) is 3.